The molecule has 1 aliphatic carbocycles. The van der Waals surface area contributed by atoms with Gasteiger partial charge in [0.15, 0.2) is 0 Å². The van der Waals surface area contributed by atoms with E-state index in [4.69, 9.17) is 5.73 Å². The molecule has 2 aromatic carbocycles. The molecule has 1 fully saturated rings. The number of pyridine rings is 1. The molecular weight excluding hydrogens is 416 g/mol. The van der Waals surface area contributed by atoms with Crippen LogP contribution in [-0.2, 0) is 6.54 Å². The van der Waals surface area contributed by atoms with Crippen molar-refractivity contribution >= 4 is 34.2 Å². The van der Waals surface area contributed by atoms with Gasteiger partial charge in [-0.3, -0.25) is 14.6 Å². The molecule has 2 amide bonds. The van der Waals surface area contributed by atoms with Crippen molar-refractivity contribution in [2.24, 2.45) is 5.73 Å². The van der Waals surface area contributed by atoms with Gasteiger partial charge in [-0.25, -0.2) is 9.97 Å². The topological polar surface area (TPSA) is 123 Å². The Morgan fingerprint density at radius 1 is 1.00 bits per heavy atom. The van der Waals surface area contributed by atoms with Crippen LogP contribution in [0, 0.1) is 0 Å². The van der Waals surface area contributed by atoms with Crippen LogP contribution < -0.4 is 16.4 Å². The summed E-state index contributed by atoms with van der Waals surface area (Å²) in [7, 11) is 0. The number of aromatic nitrogens is 3. The lowest BCUT2D eigenvalue weighted by Gasteiger charge is -2.11. The summed E-state index contributed by atoms with van der Waals surface area (Å²) in [6.45, 7) is 0.470. The van der Waals surface area contributed by atoms with Gasteiger partial charge in [-0.2, -0.15) is 0 Å². The van der Waals surface area contributed by atoms with Crippen molar-refractivity contribution in [3.05, 3.63) is 89.5 Å². The predicted octanol–water partition coefficient (Wildman–Crippen LogP) is 3.87. The summed E-state index contributed by atoms with van der Waals surface area (Å²) in [6.07, 6.45) is 5.37. The van der Waals surface area contributed by atoms with E-state index in [0.29, 0.717) is 46.0 Å². The van der Waals surface area contributed by atoms with E-state index >= 15 is 0 Å². The van der Waals surface area contributed by atoms with E-state index in [-0.39, 0.29) is 5.91 Å². The largest absolute Gasteiger partial charge is 0.366 e. The summed E-state index contributed by atoms with van der Waals surface area (Å²) < 4.78 is 0. The van der Waals surface area contributed by atoms with Gasteiger partial charge in [0.25, 0.3) is 11.8 Å². The molecule has 8 nitrogen and oxygen atoms in total. The second-order valence-electron chi connectivity index (χ2n) is 8.04. The van der Waals surface area contributed by atoms with E-state index in [1.165, 1.54) is 6.33 Å². The van der Waals surface area contributed by atoms with Crippen LogP contribution in [0.3, 0.4) is 0 Å². The molecule has 0 saturated heterocycles. The third kappa shape index (κ3) is 4.50. The van der Waals surface area contributed by atoms with E-state index in [0.717, 1.165) is 24.1 Å². The predicted molar refractivity (Wildman–Crippen MR) is 126 cm³/mol. The first-order chi connectivity index (χ1) is 16.1. The number of amides is 2. The monoisotopic (exact) mass is 438 g/mol. The lowest BCUT2D eigenvalue weighted by molar-refractivity contribution is 0.0998. The minimum atomic E-state index is -0.535. The van der Waals surface area contributed by atoms with Crippen LogP contribution >= 0.6 is 0 Å². The van der Waals surface area contributed by atoms with E-state index < -0.39 is 5.91 Å². The maximum Gasteiger partial charge on any atom is 0.255 e. The van der Waals surface area contributed by atoms with E-state index in [9.17, 15) is 9.59 Å². The molecule has 2 aromatic heterocycles. The lowest BCUT2D eigenvalue weighted by Crippen LogP contribution is -2.13. The number of nitrogens with zero attached hydrogens (tertiary/aromatic N) is 3. The molecule has 8 heteroatoms. The Bertz CT molecular complexity index is 1370. The minimum Gasteiger partial charge on any atom is -0.366 e. The number of hydrogen-bond acceptors (Lipinski definition) is 6. The number of carbonyl (C=O) groups is 2. The van der Waals surface area contributed by atoms with Crippen LogP contribution in [0.25, 0.3) is 10.9 Å². The van der Waals surface area contributed by atoms with E-state index in [1.54, 1.807) is 24.4 Å². The van der Waals surface area contributed by atoms with Gasteiger partial charge in [0.2, 0.25) is 0 Å². The maximum atomic E-state index is 12.7. The van der Waals surface area contributed by atoms with E-state index in [1.807, 2.05) is 36.4 Å². The van der Waals surface area contributed by atoms with Crippen LogP contribution in [0.1, 0.15) is 50.7 Å². The number of fused-ring (bicyclic) bond motifs is 1. The standard InChI is InChI=1S/C25H22N6O2/c26-23(32)19-5-2-6-20-22(19)29-14-30-24(20)28-13-15-3-1-4-18(11-15)31-25(33)17-9-10-27-21(12-17)16-7-8-16/h1-6,9-12,14,16H,7-8,13H2,(H2,26,32)(H,31,33)(H,28,29,30). The van der Waals surface area contributed by atoms with Crippen LogP contribution in [-0.4, -0.2) is 26.8 Å². The van der Waals surface area contributed by atoms with Crippen molar-refractivity contribution in [2.45, 2.75) is 25.3 Å². The average Bonchev–Trinajstić information content (AvgIpc) is 3.68. The molecule has 0 bridgehead atoms. The molecule has 4 aromatic rings. The fourth-order valence-electron chi connectivity index (χ4n) is 3.77. The normalized spacial score (nSPS) is 13.0. The van der Waals surface area contributed by atoms with Crippen LogP contribution in [0.4, 0.5) is 11.5 Å². The van der Waals surface area contributed by atoms with Crippen molar-refractivity contribution in [3.8, 4) is 0 Å². The van der Waals surface area contributed by atoms with Crippen molar-refractivity contribution in [2.75, 3.05) is 10.6 Å². The van der Waals surface area contributed by atoms with Crippen LogP contribution in [0.5, 0.6) is 0 Å². The number of nitrogens with one attached hydrogen (secondary N) is 2. The Balaban J connectivity index is 1.30. The molecule has 0 spiro atoms. The summed E-state index contributed by atoms with van der Waals surface area (Å²) in [5.41, 5.74) is 9.57. The summed E-state index contributed by atoms with van der Waals surface area (Å²) >= 11 is 0. The summed E-state index contributed by atoms with van der Waals surface area (Å²) in [6, 6.07) is 16.4. The number of rotatable bonds is 7. The third-order valence-electron chi connectivity index (χ3n) is 5.61. The van der Waals surface area contributed by atoms with Gasteiger partial charge in [0.05, 0.1) is 11.1 Å². The van der Waals surface area contributed by atoms with Crippen LogP contribution in [0.2, 0.25) is 0 Å². The van der Waals surface area contributed by atoms with Gasteiger partial charge in [-0.05, 0) is 54.8 Å². The Labute approximate surface area is 190 Å². The number of hydrogen-bond donors (Lipinski definition) is 3. The number of para-hydroxylation sites is 1. The molecule has 5 rings (SSSR count). The molecule has 1 aliphatic rings. The number of primary amides is 1. The molecule has 1 saturated carbocycles. The Kier molecular flexibility index (Phi) is 5.40. The zero-order valence-corrected chi connectivity index (χ0v) is 17.8. The highest BCUT2D eigenvalue weighted by Crippen LogP contribution is 2.39. The molecule has 0 aliphatic heterocycles. The molecule has 4 N–H and O–H groups in total. The first-order valence-corrected chi connectivity index (χ1v) is 10.7. The fraction of sp³-hybridized carbons (Fsp3) is 0.160. The lowest BCUT2D eigenvalue weighted by atomic mass is 10.1. The Hall–Kier alpha value is -4.33. The van der Waals surface area contributed by atoms with Gasteiger partial charge in [0.1, 0.15) is 12.1 Å². The second kappa shape index (κ2) is 8.66. The van der Waals surface area contributed by atoms with Gasteiger partial charge < -0.3 is 16.4 Å². The van der Waals surface area contributed by atoms with E-state index in [2.05, 4.69) is 25.6 Å². The fourth-order valence-corrected chi connectivity index (χ4v) is 3.77. The van der Waals surface area contributed by atoms with Crippen molar-refractivity contribution in [1.82, 2.24) is 15.0 Å². The first kappa shape index (κ1) is 20.6. The highest BCUT2D eigenvalue weighted by Gasteiger charge is 2.25. The first-order valence-electron chi connectivity index (χ1n) is 10.7. The SMILES string of the molecule is NC(=O)c1cccc2c(NCc3cccc(NC(=O)c4ccnc(C5CC5)c4)c3)ncnc12. The summed E-state index contributed by atoms with van der Waals surface area (Å²) in [5, 5.41) is 6.96. The number of carbonyl (C=O) groups excluding carboxylic acids is 2. The van der Waals surface area contributed by atoms with Crippen LogP contribution in [0.15, 0.2) is 67.1 Å². The molecule has 0 unspecified atom stereocenters. The van der Waals surface area contributed by atoms with Gasteiger partial charge in [0, 0.05) is 41.0 Å². The van der Waals surface area contributed by atoms with Gasteiger partial charge in [-0.1, -0.05) is 18.2 Å². The zero-order valence-electron chi connectivity index (χ0n) is 17.8. The smallest absolute Gasteiger partial charge is 0.255 e. The molecule has 0 radical (unpaired) electrons. The molecule has 0 atom stereocenters. The number of nitrogens with two attached hydrogens (primary N) is 1. The Morgan fingerprint density at radius 3 is 2.67 bits per heavy atom. The molecule has 164 valence electrons. The van der Waals surface area contributed by atoms with Gasteiger partial charge in [-0.15, -0.1) is 0 Å². The maximum absolute atomic E-state index is 12.7. The van der Waals surface area contributed by atoms with Crippen molar-refractivity contribution < 1.29 is 9.59 Å². The number of anilines is 2. The summed E-state index contributed by atoms with van der Waals surface area (Å²) in [4.78, 5) is 37.3. The summed E-state index contributed by atoms with van der Waals surface area (Å²) in [5.74, 6) is 0.392. The van der Waals surface area contributed by atoms with Crippen molar-refractivity contribution in [3.63, 3.8) is 0 Å². The third-order valence-corrected chi connectivity index (χ3v) is 5.61. The minimum absolute atomic E-state index is 0.162. The zero-order chi connectivity index (χ0) is 22.8. The highest BCUT2D eigenvalue weighted by molar-refractivity contribution is 6.07. The quantitative estimate of drug-likeness (QED) is 0.403. The van der Waals surface area contributed by atoms with Crippen molar-refractivity contribution in [1.29, 1.82) is 0 Å². The second-order valence-corrected chi connectivity index (χ2v) is 8.04. The van der Waals surface area contributed by atoms with Gasteiger partial charge >= 0.3 is 0 Å². The molecule has 2 heterocycles. The molecular formula is C25H22N6O2. The highest BCUT2D eigenvalue weighted by atomic mass is 16.2. The Morgan fingerprint density at radius 2 is 1.85 bits per heavy atom. The molecule has 33 heavy (non-hydrogen) atoms. The number of benzene rings is 2. The average molecular weight is 438 g/mol.